The fraction of sp³-hybridized carbons (Fsp3) is 0.724. The van der Waals surface area contributed by atoms with Crippen LogP contribution < -0.4 is 16.0 Å². The first kappa shape index (κ1) is 29.0. The summed E-state index contributed by atoms with van der Waals surface area (Å²) < 4.78 is 10.9. The second-order valence-corrected chi connectivity index (χ2v) is 11.9. The van der Waals surface area contributed by atoms with E-state index in [1.807, 2.05) is 36.2 Å². The number of halogens is 1. The monoisotopic (exact) mass is 548 g/mol. The van der Waals surface area contributed by atoms with Gasteiger partial charge in [0.1, 0.15) is 0 Å². The Labute approximate surface area is 232 Å². The summed E-state index contributed by atoms with van der Waals surface area (Å²) in [5.74, 6) is 1.06. The lowest BCUT2D eigenvalue weighted by molar-refractivity contribution is -0.00888. The van der Waals surface area contributed by atoms with E-state index in [1.54, 1.807) is 0 Å². The van der Waals surface area contributed by atoms with E-state index in [2.05, 4.69) is 20.7 Å². The third-order valence-electron chi connectivity index (χ3n) is 8.91. The van der Waals surface area contributed by atoms with Crippen molar-refractivity contribution >= 4 is 23.7 Å². The molecule has 4 aliphatic rings. The molecule has 3 aliphatic carbocycles. The van der Waals surface area contributed by atoms with Crippen LogP contribution in [0.2, 0.25) is 5.02 Å². The molecule has 9 heteroatoms. The van der Waals surface area contributed by atoms with Crippen molar-refractivity contribution in [3.05, 3.63) is 34.9 Å². The Morgan fingerprint density at radius 3 is 2.63 bits per heavy atom. The number of nitrogens with zero attached hydrogens (tertiary/aromatic N) is 1. The van der Waals surface area contributed by atoms with Crippen LogP contribution in [0.25, 0.3) is 0 Å². The van der Waals surface area contributed by atoms with Gasteiger partial charge in [0.05, 0.1) is 19.8 Å². The lowest BCUT2D eigenvalue weighted by Gasteiger charge is -2.48. The predicted molar refractivity (Wildman–Crippen MR) is 149 cm³/mol. The molecular formula is C29H45ClN4O4. The van der Waals surface area contributed by atoms with Gasteiger partial charge in [-0.25, -0.2) is 9.59 Å². The largest absolute Gasteiger partial charge is 0.453 e. The van der Waals surface area contributed by atoms with Crippen molar-refractivity contribution in [3.63, 3.8) is 0 Å². The van der Waals surface area contributed by atoms with Crippen molar-refractivity contribution in [1.82, 2.24) is 20.9 Å². The minimum Gasteiger partial charge on any atom is -0.453 e. The van der Waals surface area contributed by atoms with E-state index in [1.165, 1.54) is 45.6 Å². The molecule has 1 saturated heterocycles. The number of hydrogen-bond acceptors (Lipinski definition) is 5. The Hall–Kier alpha value is -2.03. The molecule has 212 valence electrons. The molecule has 3 N–H and O–H groups in total. The summed E-state index contributed by atoms with van der Waals surface area (Å²) >= 11 is 6.31. The molecule has 8 nitrogen and oxygen atoms in total. The Bertz CT molecular complexity index is 910. The molecule has 0 spiro atoms. The second kappa shape index (κ2) is 13.9. The first-order valence-corrected chi connectivity index (χ1v) is 14.7. The zero-order valence-electron chi connectivity index (χ0n) is 23.0. The number of carbonyl (C=O) groups excluding carboxylic acids is 2. The van der Waals surface area contributed by atoms with Crippen LogP contribution in [-0.4, -0.2) is 70.0 Å². The molecule has 4 fully saturated rings. The number of amides is 3. The minimum atomic E-state index is -0.481. The molecule has 0 radical (unpaired) electrons. The number of likely N-dealkylation sites (tertiary alicyclic amines) is 1. The minimum absolute atomic E-state index is 0.0213. The standard InChI is InChI=1S/C29H45ClN4O4/c1-31-19-25(18-29-11-8-21(9-12-29)10-13-29)33-27(35)34-15-4-6-23(20-34)26(22-5-3-7-24(30)17-22)38-16-14-32-28(36)37-2/h3,5,7,17,21,23,25-26,31H,4,6,8-16,18-20H2,1-2H3,(H,32,36)(H,33,35). The van der Waals surface area contributed by atoms with Gasteiger partial charge >= 0.3 is 12.1 Å². The Kier molecular flexibility index (Phi) is 10.6. The van der Waals surface area contributed by atoms with Gasteiger partial charge in [-0.2, -0.15) is 0 Å². The number of hydrogen-bond donors (Lipinski definition) is 3. The number of urea groups is 1. The smallest absolute Gasteiger partial charge is 0.406 e. The van der Waals surface area contributed by atoms with Crippen molar-refractivity contribution in [1.29, 1.82) is 0 Å². The number of fused-ring (bicyclic) bond motifs is 3. The highest BCUT2D eigenvalue weighted by Crippen LogP contribution is 2.52. The van der Waals surface area contributed by atoms with E-state index in [0.717, 1.165) is 43.8 Å². The summed E-state index contributed by atoms with van der Waals surface area (Å²) in [5.41, 5.74) is 1.39. The molecule has 0 aromatic heterocycles. The molecule has 1 aromatic carbocycles. The van der Waals surface area contributed by atoms with Crippen LogP contribution in [0.5, 0.6) is 0 Å². The molecule has 2 bridgehead atoms. The summed E-state index contributed by atoms with van der Waals surface area (Å²) in [6, 6.07) is 7.88. The lowest BCUT2D eigenvalue weighted by atomic mass is 9.58. The molecule has 1 heterocycles. The Morgan fingerprint density at radius 2 is 1.95 bits per heavy atom. The summed E-state index contributed by atoms with van der Waals surface area (Å²) in [6.07, 6.45) is 10.2. The van der Waals surface area contributed by atoms with E-state index in [4.69, 9.17) is 16.3 Å². The number of nitrogens with one attached hydrogen (secondary N) is 3. The van der Waals surface area contributed by atoms with Crippen LogP contribution in [0.15, 0.2) is 24.3 Å². The quantitative estimate of drug-likeness (QED) is 0.334. The maximum atomic E-state index is 13.5. The second-order valence-electron chi connectivity index (χ2n) is 11.5. The van der Waals surface area contributed by atoms with Crippen LogP contribution in [0.1, 0.15) is 69.5 Å². The van der Waals surface area contributed by atoms with Gasteiger partial charge in [-0.15, -0.1) is 0 Å². The topological polar surface area (TPSA) is 91.9 Å². The van der Waals surface area contributed by atoms with Crippen LogP contribution in [0, 0.1) is 17.3 Å². The van der Waals surface area contributed by atoms with E-state index in [9.17, 15) is 9.59 Å². The van der Waals surface area contributed by atoms with Gasteiger partial charge in [0.15, 0.2) is 0 Å². The number of piperidine rings is 1. The number of ether oxygens (including phenoxy) is 2. The number of carbonyl (C=O) groups is 2. The third kappa shape index (κ3) is 7.76. The van der Waals surface area contributed by atoms with Gasteiger partial charge in [-0.1, -0.05) is 23.7 Å². The van der Waals surface area contributed by atoms with Gasteiger partial charge < -0.3 is 30.3 Å². The van der Waals surface area contributed by atoms with Gasteiger partial charge in [0.2, 0.25) is 0 Å². The van der Waals surface area contributed by atoms with Gasteiger partial charge in [-0.3, -0.25) is 0 Å². The van der Waals surface area contributed by atoms with Crippen molar-refractivity contribution in [2.45, 2.75) is 69.9 Å². The molecule has 3 saturated carbocycles. The van der Waals surface area contributed by atoms with Gasteiger partial charge in [0, 0.05) is 43.2 Å². The Morgan fingerprint density at radius 1 is 1.18 bits per heavy atom. The summed E-state index contributed by atoms with van der Waals surface area (Å²) in [6.45, 7) is 2.83. The van der Waals surface area contributed by atoms with Crippen molar-refractivity contribution < 1.29 is 19.1 Å². The summed E-state index contributed by atoms with van der Waals surface area (Å²) in [5, 5.41) is 10.0. The maximum absolute atomic E-state index is 13.5. The average molecular weight is 549 g/mol. The molecule has 1 aromatic rings. The summed E-state index contributed by atoms with van der Waals surface area (Å²) in [4.78, 5) is 26.9. The number of rotatable bonds is 11. The molecule has 3 unspecified atom stereocenters. The summed E-state index contributed by atoms with van der Waals surface area (Å²) in [7, 11) is 3.31. The SMILES string of the molecule is CNCC(CC12CCC(CC1)CC2)NC(=O)N1CCCC(C(OCCNC(=O)OC)c2cccc(Cl)c2)C1. The Balaban J connectivity index is 1.38. The van der Waals surface area contributed by atoms with Crippen LogP contribution in [-0.2, 0) is 9.47 Å². The number of alkyl carbamates (subject to hydrolysis) is 1. The maximum Gasteiger partial charge on any atom is 0.406 e. The van der Waals surface area contributed by atoms with Gasteiger partial charge in [-0.05, 0) is 93.9 Å². The lowest BCUT2D eigenvalue weighted by Crippen LogP contribution is -2.53. The van der Waals surface area contributed by atoms with Crippen LogP contribution in [0.3, 0.4) is 0 Å². The fourth-order valence-electron chi connectivity index (χ4n) is 6.90. The molecule has 3 amide bonds. The van der Waals surface area contributed by atoms with E-state index < -0.39 is 6.09 Å². The molecular weight excluding hydrogens is 504 g/mol. The molecule has 38 heavy (non-hydrogen) atoms. The first-order chi connectivity index (χ1) is 18.4. The highest BCUT2D eigenvalue weighted by atomic mass is 35.5. The normalized spacial score (nSPS) is 26.4. The van der Waals surface area contributed by atoms with Crippen molar-refractivity contribution in [3.8, 4) is 0 Å². The highest BCUT2D eigenvalue weighted by molar-refractivity contribution is 6.30. The number of likely N-dealkylation sites (N-methyl/N-ethyl adjacent to an activating group) is 1. The molecule has 5 rings (SSSR count). The van der Waals surface area contributed by atoms with Crippen LogP contribution in [0.4, 0.5) is 9.59 Å². The van der Waals surface area contributed by atoms with Gasteiger partial charge in [0.25, 0.3) is 0 Å². The highest BCUT2D eigenvalue weighted by Gasteiger charge is 2.42. The zero-order valence-corrected chi connectivity index (χ0v) is 23.7. The number of methoxy groups -OCH3 is 1. The molecule has 3 atom stereocenters. The van der Waals surface area contributed by atoms with Crippen molar-refractivity contribution in [2.24, 2.45) is 17.3 Å². The zero-order chi connectivity index (χ0) is 27.0. The average Bonchev–Trinajstić information content (AvgIpc) is 2.94. The van der Waals surface area contributed by atoms with Crippen LogP contribution >= 0.6 is 11.6 Å². The van der Waals surface area contributed by atoms with E-state index in [0.29, 0.717) is 30.1 Å². The number of benzene rings is 1. The van der Waals surface area contributed by atoms with Crippen molar-refractivity contribution in [2.75, 3.05) is 46.9 Å². The molecule has 1 aliphatic heterocycles. The van der Waals surface area contributed by atoms with E-state index in [-0.39, 0.29) is 24.1 Å². The first-order valence-electron chi connectivity index (χ1n) is 14.3. The van der Waals surface area contributed by atoms with E-state index >= 15 is 0 Å². The fourth-order valence-corrected chi connectivity index (χ4v) is 7.09. The third-order valence-corrected chi connectivity index (χ3v) is 9.15. The predicted octanol–water partition coefficient (Wildman–Crippen LogP) is 5.12.